The molecule has 5 rings (SSSR count). The molecule has 0 bridgehead atoms. The number of hydrogen-bond acceptors (Lipinski definition) is 5. The zero-order valence-corrected chi connectivity index (χ0v) is 17.5. The fraction of sp³-hybridized carbons (Fsp3) is 0.167. The topological polar surface area (TPSA) is 85.3 Å². The highest BCUT2D eigenvalue weighted by Gasteiger charge is 2.22. The number of nitrogens with one attached hydrogen (secondary N) is 1. The van der Waals surface area contributed by atoms with Gasteiger partial charge in [0.2, 0.25) is 0 Å². The van der Waals surface area contributed by atoms with Crippen LogP contribution in [0.1, 0.15) is 41.5 Å². The molecule has 1 N–H and O–H groups in total. The van der Waals surface area contributed by atoms with E-state index >= 15 is 0 Å². The molecule has 0 radical (unpaired) electrons. The zero-order valence-electron chi connectivity index (χ0n) is 17.5. The van der Waals surface area contributed by atoms with Crippen LogP contribution in [0.25, 0.3) is 28.0 Å². The van der Waals surface area contributed by atoms with Crippen molar-refractivity contribution in [2.45, 2.75) is 26.7 Å². The van der Waals surface area contributed by atoms with Gasteiger partial charge in [-0.2, -0.15) is 0 Å². The highest BCUT2D eigenvalue weighted by atomic mass is 16.5. The SMILES string of the molecule is Cc1noc2nc(C(C)C)cc(C(=O)Nc3c(-c4ccccc4)nc4ccccn34)c12. The molecule has 5 aromatic rings. The minimum atomic E-state index is -0.261. The number of anilines is 1. The van der Waals surface area contributed by atoms with E-state index in [1.54, 1.807) is 0 Å². The van der Waals surface area contributed by atoms with Gasteiger partial charge >= 0.3 is 0 Å². The highest BCUT2D eigenvalue weighted by molar-refractivity contribution is 6.13. The minimum absolute atomic E-state index is 0.136. The van der Waals surface area contributed by atoms with E-state index in [9.17, 15) is 4.79 Å². The lowest BCUT2D eigenvalue weighted by atomic mass is 10.0. The summed E-state index contributed by atoms with van der Waals surface area (Å²) in [5.74, 6) is 0.484. The van der Waals surface area contributed by atoms with Crippen molar-refractivity contribution in [1.82, 2.24) is 19.5 Å². The van der Waals surface area contributed by atoms with Crippen LogP contribution in [0.4, 0.5) is 5.82 Å². The molecule has 0 fully saturated rings. The van der Waals surface area contributed by atoms with E-state index in [0.717, 1.165) is 16.9 Å². The summed E-state index contributed by atoms with van der Waals surface area (Å²) in [6.07, 6.45) is 1.89. The lowest BCUT2D eigenvalue weighted by molar-refractivity contribution is 0.102. The first-order valence-electron chi connectivity index (χ1n) is 10.1. The van der Waals surface area contributed by atoms with E-state index in [-0.39, 0.29) is 11.8 Å². The predicted octanol–water partition coefficient (Wildman–Crippen LogP) is 5.22. The average Bonchev–Trinajstić information content (AvgIpc) is 3.34. The summed E-state index contributed by atoms with van der Waals surface area (Å²) in [5.41, 5.74) is 4.63. The van der Waals surface area contributed by atoms with Crippen LogP contribution in [0.5, 0.6) is 0 Å². The van der Waals surface area contributed by atoms with Crippen molar-refractivity contribution in [3.63, 3.8) is 0 Å². The first-order valence-corrected chi connectivity index (χ1v) is 10.1. The highest BCUT2D eigenvalue weighted by Crippen LogP contribution is 2.31. The molecule has 0 saturated carbocycles. The predicted molar refractivity (Wildman–Crippen MR) is 119 cm³/mol. The molecule has 4 aromatic heterocycles. The second-order valence-electron chi connectivity index (χ2n) is 7.76. The van der Waals surface area contributed by atoms with Crippen LogP contribution in [0.15, 0.2) is 65.3 Å². The number of carbonyl (C=O) groups is 1. The summed E-state index contributed by atoms with van der Waals surface area (Å²) in [5, 5.41) is 7.73. The molecule has 4 heterocycles. The first kappa shape index (κ1) is 19.0. The van der Waals surface area contributed by atoms with Gasteiger partial charge in [-0.15, -0.1) is 0 Å². The van der Waals surface area contributed by atoms with Crippen LogP contribution in [0.2, 0.25) is 0 Å². The third kappa shape index (κ3) is 3.24. The summed E-state index contributed by atoms with van der Waals surface area (Å²) >= 11 is 0. The Hall–Kier alpha value is -4.00. The van der Waals surface area contributed by atoms with Crippen molar-refractivity contribution in [1.29, 1.82) is 0 Å². The Morgan fingerprint density at radius 2 is 1.84 bits per heavy atom. The number of amides is 1. The Balaban J connectivity index is 1.66. The van der Waals surface area contributed by atoms with E-state index < -0.39 is 0 Å². The van der Waals surface area contributed by atoms with Gasteiger partial charge in [0, 0.05) is 17.5 Å². The van der Waals surface area contributed by atoms with Gasteiger partial charge in [-0.3, -0.25) is 9.20 Å². The largest absolute Gasteiger partial charge is 0.336 e. The van der Waals surface area contributed by atoms with Crippen molar-refractivity contribution < 1.29 is 9.32 Å². The van der Waals surface area contributed by atoms with Crippen LogP contribution in [0.3, 0.4) is 0 Å². The summed E-state index contributed by atoms with van der Waals surface area (Å²) in [6, 6.07) is 17.4. The smallest absolute Gasteiger partial charge is 0.259 e. The number of imidazole rings is 1. The molecule has 1 aromatic carbocycles. The first-order chi connectivity index (χ1) is 15.0. The maximum Gasteiger partial charge on any atom is 0.259 e. The quantitative estimate of drug-likeness (QED) is 0.438. The molecular weight excluding hydrogens is 390 g/mol. The fourth-order valence-corrected chi connectivity index (χ4v) is 3.68. The number of benzene rings is 1. The van der Waals surface area contributed by atoms with E-state index in [1.807, 2.05) is 86.0 Å². The van der Waals surface area contributed by atoms with Crippen molar-refractivity contribution in [3.05, 3.63) is 77.7 Å². The molecule has 154 valence electrons. The summed E-state index contributed by atoms with van der Waals surface area (Å²) in [7, 11) is 0. The van der Waals surface area contributed by atoms with Gasteiger partial charge in [0.15, 0.2) is 0 Å². The van der Waals surface area contributed by atoms with Crippen molar-refractivity contribution >= 4 is 28.5 Å². The van der Waals surface area contributed by atoms with Crippen LogP contribution in [-0.2, 0) is 0 Å². The maximum atomic E-state index is 13.5. The van der Waals surface area contributed by atoms with E-state index in [2.05, 4.69) is 15.5 Å². The Kier molecular flexibility index (Phi) is 4.51. The number of carbonyl (C=O) groups excluding carboxylic acids is 1. The second-order valence-corrected chi connectivity index (χ2v) is 7.76. The van der Waals surface area contributed by atoms with E-state index in [1.165, 1.54) is 0 Å². The molecule has 0 unspecified atom stereocenters. The van der Waals surface area contributed by atoms with Crippen molar-refractivity contribution in [2.24, 2.45) is 0 Å². The summed E-state index contributed by atoms with van der Waals surface area (Å²) in [6.45, 7) is 5.86. The van der Waals surface area contributed by atoms with E-state index in [4.69, 9.17) is 9.51 Å². The lowest BCUT2D eigenvalue weighted by Crippen LogP contribution is -2.15. The van der Waals surface area contributed by atoms with Crippen molar-refractivity contribution in [2.75, 3.05) is 5.32 Å². The number of fused-ring (bicyclic) bond motifs is 2. The molecule has 0 spiro atoms. The Morgan fingerprint density at radius 3 is 2.61 bits per heavy atom. The molecular formula is C24H21N5O2. The monoisotopic (exact) mass is 411 g/mol. The Bertz CT molecular complexity index is 1420. The molecule has 0 aliphatic rings. The summed E-state index contributed by atoms with van der Waals surface area (Å²) in [4.78, 5) is 22.8. The molecule has 0 aliphatic heterocycles. The van der Waals surface area contributed by atoms with Crippen LogP contribution in [-0.4, -0.2) is 25.4 Å². The van der Waals surface area contributed by atoms with Gasteiger partial charge in [0.1, 0.15) is 17.2 Å². The number of pyridine rings is 2. The van der Waals surface area contributed by atoms with Crippen LogP contribution in [0, 0.1) is 6.92 Å². The van der Waals surface area contributed by atoms with Crippen LogP contribution >= 0.6 is 0 Å². The maximum absolute atomic E-state index is 13.5. The number of aryl methyl sites for hydroxylation is 1. The summed E-state index contributed by atoms with van der Waals surface area (Å²) < 4.78 is 7.25. The third-order valence-corrected chi connectivity index (χ3v) is 5.28. The average molecular weight is 411 g/mol. The van der Waals surface area contributed by atoms with Gasteiger partial charge in [-0.25, -0.2) is 9.97 Å². The molecule has 0 aliphatic carbocycles. The number of aromatic nitrogens is 4. The molecule has 1 amide bonds. The van der Waals surface area contributed by atoms with Gasteiger partial charge in [0.05, 0.1) is 16.6 Å². The van der Waals surface area contributed by atoms with E-state index in [0.29, 0.717) is 33.9 Å². The van der Waals surface area contributed by atoms with Gasteiger partial charge in [-0.1, -0.05) is 55.4 Å². The standard InChI is InChI=1S/C24H21N5O2/c1-14(2)18-13-17(20-15(3)28-31-24(20)25-18)23(30)27-22-21(16-9-5-4-6-10-16)26-19-11-7-8-12-29(19)22/h4-14H,1-3H3,(H,27,30). The Labute approximate surface area is 178 Å². The zero-order chi connectivity index (χ0) is 21.5. The number of rotatable bonds is 4. The molecule has 7 heteroatoms. The Morgan fingerprint density at radius 1 is 1.06 bits per heavy atom. The third-order valence-electron chi connectivity index (χ3n) is 5.28. The molecule has 7 nitrogen and oxygen atoms in total. The number of hydrogen-bond donors (Lipinski definition) is 1. The minimum Gasteiger partial charge on any atom is -0.336 e. The second kappa shape index (κ2) is 7.36. The van der Waals surface area contributed by atoms with Crippen molar-refractivity contribution in [3.8, 4) is 11.3 Å². The molecule has 0 atom stereocenters. The molecule has 0 saturated heterocycles. The van der Waals surface area contributed by atoms with Gasteiger partial charge in [-0.05, 0) is 31.0 Å². The van der Waals surface area contributed by atoms with Crippen LogP contribution < -0.4 is 5.32 Å². The lowest BCUT2D eigenvalue weighted by Gasteiger charge is -2.11. The number of nitrogens with zero attached hydrogens (tertiary/aromatic N) is 4. The van der Waals surface area contributed by atoms with Gasteiger partial charge < -0.3 is 9.84 Å². The fourth-order valence-electron chi connectivity index (χ4n) is 3.68. The normalized spacial score (nSPS) is 11.5. The van der Waals surface area contributed by atoms with Gasteiger partial charge in [0.25, 0.3) is 11.6 Å². The molecule has 31 heavy (non-hydrogen) atoms.